The van der Waals surface area contributed by atoms with Crippen molar-refractivity contribution >= 4 is 64.2 Å². The first-order valence-corrected chi connectivity index (χ1v) is 21.2. The number of carbonyl (C=O) groups is 8. The predicted molar refractivity (Wildman–Crippen MR) is 235 cm³/mol. The highest BCUT2D eigenvalue weighted by atomic mass is 32.2. The summed E-state index contributed by atoms with van der Waals surface area (Å²) in [5, 5.41) is 24.9. The lowest BCUT2D eigenvalue weighted by Crippen LogP contribution is -2.59. The third kappa shape index (κ3) is 19.5. The predicted octanol–water partition coefficient (Wildman–Crippen LogP) is 0.223. The molecule has 340 valence electrons. The first kappa shape index (κ1) is 52.0. The van der Waals surface area contributed by atoms with Gasteiger partial charge in [-0.25, -0.2) is 0 Å². The summed E-state index contributed by atoms with van der Waals surface area (Å²) >= 11 is 0.926. The normalized spacial score (nSPS) is 13.9. The minimum absolute atomic E-state index is 0.00463. The molecule has 2 rings (SSSR count). The van der Waals surface area contributed by atoms with Gasteiger partial charge in [0.25, 0.3) is 0 Å². The van der Waals surface area contributed by atoms with Gasteiger partial charge in [0.1, 0.15) is 42.0 Å². The van der Waals surface area contributed by atoms with Crippen LogP contribution >= 0.6 is 11.8 Å². The van der Waals surface area contributed by atoms with Gasteiger partial charge in [-0.1, -0.05) is 58.0 Å². The Labute approximate surface area is 366 Å². The second kappa shape index (κ2) is 26.2. The maximum Gasteiger partial charge on any atom is 0.243 e. The molecular weight excluding hydrogens is 821 g/mol. The lowest BCUT2D eigenvalue weighted by molar-refractivity contribution is -0.135. The fraction of sp³-hybridized carbons (Fsp3) is 0.500. The van der Waals surface area contributed by atoms with Crippen LogP contribution in [0.25, 0.3) is 0 Å². The number of nitrogens with two attached hydrogens (primary N) is 3. The molecule has 0 radical (unpaired) electrons. The number of hydrogen-bond acceptors (Lipinski definition) is 11. The van der Waals surface area contributed by atoms with Crippen LogP contribution < -0.4 is 49.1 Å². The minimum Gasteiger partial charge on any atom is -0.508 e. The van der Waals surface area contributed by atoms with Gasteiger partial charge in [0.2, 0.25) is 46.5 Å². The Balaban J connectivity index is 2.31. The Bertz CT molecular complexity index is 1880. The summed E-state index contributed by atoms with van der Waals surface area (Å²) in [4.78, 5) is 110. The number of nitrogens with one attached hydrogen (secondary N) is 6. The first-order chi connectivity index (χ1) is 29.2. The average Bonchev–Trinajstić information content (AvgIpc) is 3.18. The smallest absolute Gasteiger partial charge is 0.243 e. The van der Waals surface area contributed by atoms with Crippen molar-refractivity contribution in [3.63, 3.8) is 0 Å². The van der Waals surface area contributed by atoms with Gasteiger partial charge in [0.05, 0.1) is 6.42 Å². The van der Waals surface area contributed by atoms with Gasteiger partial charge in [0.15, 0.2) is 5.96 Å². The molecule has 6 atom stereocenters. The number of carbonyl (C=O) groups excluding carboxylic acids is 8. The fourth-order valence-corrected chi connectivity index (χ4v) is 7.00. The highest BCUT2D eigenvalue weighted by Crippen LogP contribution is 2.22. The number of amides is 7. The van der Waals surface area contributed by atoms with E-state index in [9.17, 15) is 43.5 Å². The first-order valence-electron chi connectivity index (χ1n) is 20.3. The average molecular weight is 883 g/mol. The second-order valence-corrected chi connectivity index (χ2v) is 16.7. The maximum atomic E-state index is 14.0. The molecule has 0 spiro atoms. The summed E-state index contributed by atoms with van der Waals surface area (Å²) in [6, 6.07) is 7.74. The third-order valence-corrected chi connectivity index (χ3v) is 10.2. The summed E-state index contributed by atoms with van der Waals surface area (Å²) in [5.74, 6) is -5.80. The molecule has 0 aliphatic rings. The number of nitrogens with zero attached hydrogens (tertiary/aromatic N) is 1. The molecule has 19 nitrogen and oxygen atoms in total. The van der Waals surface area contributed by atoms with Crippen molar-refractivity contribution in [3.05, 3.63) is 60.2 Å². The monoisotopic (exact) mass is 882 g/mol. The van der Waals surface area contributed by atoms with Crippen LogP contribution in [0.5, 0.6) is 5.75 Å². The lowest BCUT2D eigenvalue weighted by atomic mass is 10.0. The maximum absolute atomic E-state index is 14.0. The largest absolute Gasteiger partial charge is 0.508 e. The molecule has 0 fully saturated rings. The molecule has 0 aliphatic carbocycles. The number of aryl methyl sites for hydroxylation is 1. The van der Waals surface area contributed by atoms with Gasteiger partial charge in [0, 0.05) is 18.4 Å². The van der Waals surface area contributed by atoms with E-state index in [4.69, 9.17) is 17.2 Å². The molecule has 0 unspecified atom stereocenters. The molecule has 0 saturated carbocycles. The summed E-state index contributed by atoms with van der Waals surface area (Å²) in [6.45, 7) is 9.86. The van der Waals surface area contributed by atoms with Crippen LogP contribution in [0, 0.1) is 11.8 Å². The van der Waals surface area contributed by atoms with Crippen molar-refractivity contribution < 1.29 is 43.5 Å². The Kier molecular flexibility index (Phi) is 22.0. The van der Waals surface area contributed by atoms with E-state index in [1.165, 1.54) is 26.0 Å². The molecule has 0 heterocycles. The Hall–Kier alpha value is -6.18. The van der Waals surface area contributed by atoms with Crippen molar-refractivity contribution in [2.45, 2.75) is 121 Å². The van der Waals surface area contributed by atoms with Crippen LogP contribution in [0.1, 0.15) is 79.2 Å². The number of benzene rings is 2. The van der Waals surface area contributed by atoms with Gasteiger partial charge in [-0.05, 0) is 92.5 Å². The van der Waals surface area contributed by atoms with E-state index in [2.05, 4.69) is 36.9 Å². The lowest BCUT2D eigenvalue weighted by Gasteiger charge is -2.27. The highest BCUT2D eigenvalue weighted by molar-refractivity contribution is 8.13. The third-order valence-electron chi connectivity index (χ3n) is 9.24. The van der Waals surface area contributed by atoms with Crippen LogP contribution in [0.3, 0.4) is 0 Å². The summed E-state index contributed by atoms with van der Waals surface area (Å²) in [5.41, 5.74) is 17.1. The number of aromatic hydroxyl groups is 1. The van der Waals surface area contributed by atoms with Gasteiger partial charge in [-0.3, -0.25) is 43.3 Å². The van der Waals surface area contributed by atoms with E-state index in [0.717, 1.165) is 17.3 Å². The molecule has 0 aliphatic heterocycles. The second-order valence-electron chi connectivity index (χ2n) is 15.6. The number of hydrogen-bond donors (Lipinski definition) is 10. The van der Waals surface area contributed by atoms with E-state index in [-0.39, 0.29) is 67.3 Å². The van der Waals surface area contributed by atoms with Crippen molar-refractivity contribution in [3.8, 4) is 5.75 Å². The zero-order valence-corrected chi connectivity index (χ0v) is 36.9. The molecule has 7 amide bonds. The van der Waals surface area contributed by atoms with Crippen molar-refractivity contribution in [1.29, 1.82) is 0 Å². The van der Waals surface area contributed by atoms with Gasteiger partial charge >= 0.3 is 0 Å². The number of phenols is 1. The molecule has 0 bridgehead atoms. The van der Waals surface area contributed by atoms with Crippen LogP contribution in [0.2, 0.25) is 0 Å². The molecule has 0 aromatic heterocycles. The number of phenolic OH excluding ortho intramolecular Hbond substituents is 1. The zero-order chi connectivity index (χ0) is 46.5. The fourth-order valence-electron chi connectivity index (χ4n) is 6.01. The van der Waals surface area contributed by atoms with E-state index in [0.29, 0.717) is 4.90 Å². The van der Waals surface area contributed by atoms with Gasteiger partial charge in [-0.15, -0.1) is 0 Å². The van der Waals surface area contributed by atoms with Crippen LogP contribution in [0.4, 0.5) is 0 Å². The molecule has 20 heteroatoms. The summed E-state index contributed by atoms with van der Waals surface area (Å²) in [7, 11) is 0. The number of thioether (sulfide) groups is 1. The minimum atomic E-state index is -1.51. The van der Waals surface area contributed by atoms with Gasteiger partial charge < -0.3 is 54.2 Å². The molecule has 2 aromatic carbocycles. The molecule has 13 N–H and O–H groups in total. The van der Waals surface area contributed by atoms with Crippen molar-refractivity contribution in [2.75, 3.05) is 6.54 Å². The summed E-state index contributed by atoms with van der Waals surface area (Å²) < 4.78 is 0. The number of rotatable bonds is 25. The Morgan fingerprint density at radius 3 is 1.76 bits per heavy atom. The van der Waals surface area contributed by atoms with Crippen molar-refractivity contribution in [2.24, 2.45) is 34.0 Å². The van der Waals surface area contributed by atoms with Crippen LogP contribution in [-0.2, 0) is 44.8 Å². The van der Waals surface area contributed by atoms with Crippen LogP contribution in [0.15, 0.2) is 64.5 Å². The Morgan fingerprint density at radius 2 is 1.21 bits per heavy atom. The van der Waals surface area contributed by atoms with E-state index >= 15 is 0 Å². The molecule has 62 heavy (non-hydrogen) atoms. The SMILES string of the molecule is CC(=O)N[C@H](CC(C)C)C(=O)N[C@@H](CCc1ccc(O)cc1)C(=O)N[C@@H](CCCN=C(N)N)C(=O)N[C@@H](C)C(=O)N[C@@H](CC(N)=O)C(=O)N[C@H](C(=O)Sc1ccccc1)C(C)C. The highest BCUT2D eigenvalue weighted by Gasteiger charge is 2.33. The van der Waals surface area contributed by atoms with Crippen LogP contribution in [-0.4, -0.2) is 100 Å². The van der Waals surface area contributed by atoms with Crippen molar-refractivity contribution in [1.82, 2.24) is 31.9 Å². The number of aliphatic imine (C=N–C) groups is 1. The zero-order valence-electron chi connectivity index (χ0n) is 36.1. The molecular formula is C42H62N10O9S. The number of guanidine groups is 1. The van der Waals surface area contributed by atoms with E-state index < -0.39 is 84.0 Å². The topological polar surface area (TPSA) is 319 Å². The van der Waals surface area contributed by atoms with E-state index in [1.54, 1.807) is 56.3 Å². The molecule has 2 aromatic rings. The van der Waals surface area contributed by atoms with Gasteiger partial charge in [-0.2, -0.15) is 0 Å². The molecule has 0 saturated heterocycles. The summed E-state index contributed by atoms with van der Waals surface area (Å²) in [6.07, 6.45) is 0.143. The Morgan fingerprint density at radius 1 is 0.661 bits per heavy atom. The quantitative estimate of drug-likeness (QED) is 0.0277. The van der Waals surface area contributed by atoms with E-state index in [1.807, 2.05) is 13.8 Å². The number of primary amides is 1. The standard InChI is InChI=1S/C42H62N10O9S/c1-23(2)21-32(48-26(6)53)39(59)50-31(19-16-27-14-17-28(54)18-15-27)38(58)49-30(13-10-20-46-42(44)45)37(57)47-25(5)36(56)51-33(22-34(43)55)40(60)52-35(24(3)4)41(61)62-29-11-8-7-9-12-29/h7-9,11-12,14-15,17-18,23-25,30-33,35,54H,10,13,16,19-22H2,1-6H3,(H2,43,55)(H,47,57)(H,48,53)(H,49,58)(H,50,59)(H,51,56)(H,52,60)(H4,44,45,46)/t25-,30-,31-,32+,33-,35-/m0/s1.